The maximum Gasteiger partial charge on any atom is 0.240 e. The molecule has 0 aromatic heterocycles. The minimum atomic E-state index is -4.22. The maximum absolute atomic E-state index is 12.7. The van der Waals surface area contributed by atoms with Crippen LogP contribution < -0.4 is 14.6 Å². The van der Waals surface area contributed by atoms with E-state index in [4.69, 9.17) is 26.2 Å². The summed E-state index contributed by atoms with van der Waals surface area (Å²) in [4.78, 5) is -0.412. The van der Waals surface area contributed by atoms with Gasteiger partial charge in [-0.25, -0.2) is 22.0 Å². The van der Waals surface area contributed by atoms with Crippen LogP contribution in [0.3, 0.4) is 0 Å². The average molecular weight is 519 g/mol. The number of nitrogens with one attached hydrogen (secondary N) is 1. The topological polar surface area (TPSA) is 145 Å². The van der Waals surface area contributed by atoms with Crippen LogP contribution >= 0.6 is 11.6 Å². The summed E-state index contributed by atoms with van der Waals surface area (Å²) in [6.45, 7) is 1.46. The number of hydrogen-bond donors (Lipinski definition) is 3. The summed E-state index contributed by atoms with van der Waals surface area (Å²) in [6, 6.07) is 8.83. The maximum atomic E-state index is 12.7. The van der Waals surface area contributed by atoms with Gasteiger partial charge in [-0.2, -0.15) is 0 Å². The molecule has 0 unspecified atom stereocenters. The predicted octanol–water partition coefficient (Wildman–Crippen LogP) is 2.27. The quantitative estimate of drug-likeness (QED) is 0.437. The van der Waals surface area contributed by atoms with Crippen molar-refractivity contribution in [1.82, 2.24) is 0 Å². The third-order valence-electron chi connectivity index (χ3n) is 5.29. The Morgan fingerprint density at radius 1 is 1.12 bits per heavy atom. The molecule has 4 N–H and O–H groups in total. The van der Waals surface area contributed by atoms with Crippen molar-refractivity contribution in [2.75, 3.05) is 30.3 Å². The van der Waals surface area contributed by atoms with Crippen LogP contribution in [0.4, 0.5) is 5.69 Å². The van der Waals surface area contributed by atoms with Gasteiger partial charge in [-0.15, -0.1) is 0 Å². The number of anilines is 1. The first kappa shape index (κ1) is 25.7. The predicted molar refractivity (Wildman–Crippen MR) is 125 cm³/mol. The van der Waals surface area contributed by atoms with Crippen LogP contribution in [0.1, 0.15) is 24.0 Å². The fourth-order valence-electron chi connectivity index (χ4n) is 3.44. The summed E-state index contributed by atoms with van der Waals surface area (Å²) in [6.07, 6.45) is 1.92. The Bertz CT molecular complexity index is 1180. The molecule has 0 amide bonds. The van der Waals surface area contributed by atoms with E-state index in [9.17, 15) is 21.9 Å². The molecule has 9 nitrogen and oxygen atoms in total. The number of hydrogen-bond acceptors (Lipinski definition) is 7. The molecule has 1 aliphatic heterocycles. The van der Waals surface area contributed by atoms with Gasteiger partial charge in [0.1, 0.15) is 10.6 Å². The van der Waals surface area contributed by atoms with Crippen molar-refractivity contribution >= 4 is 37.3 Å². The molecule has 1 fully saturated rings. The van der Waals surface area contributed by atoms with E-state index < -0.39 is 31.5 Å². The van der Waals surface area contributed by atoms with Crippen LogP contribution in [-0.2, 0) is 37.8 Å². The number of nitrogens with two attached hydrogens (primary N) is 1. The summed E-state index contributed by atoms with van der Waals surface area (Å²) >= 11 is 6.10. The summed E-state index contributed by atoms with van der Waals surface area (Å²) < 4.78 is 62.8. The van der Waals surface area contributed by atoms with Crippen molar-refractivity contribution in [1.29, 1.82) is 0 Å². The van der Waals surface area contributed by atoms with E-state index in [1.54, 1.807) is 18.2 Å². The van der Waals surface area contributed by atoms with Gasteiger partial charge < -0.3 is 14.6 Å². The van der Waals surface area contributed by atoms with Crippen molar-refractivity contribution < 1.29 is 31.4 Å². The van der Waals surface area contributed by atoms with E-state index in [0.717, 1.165) is 18.9 Å². The molecule has 1 saturated heterocycles. The number of aliphatic hydroxyl groups excluding tert-OH is 1. The zero-order valence-electron chi connectivity index (χ0n) is 17.9. The molecule has 3 rings (SSSR count). The highest BCUT2D eigenvalue weighted by Gasteiger charge is 2.21. The summed E-state index contributed by atoms with van der Waals surface area (Å²) in [5, 5.41) is 14.9. The largest absolute Gasteiger partial charge is 0.493 e. The van der Waals surface area contributed by atoms with Crippen molar-refractivity contribution in [3.8, 4) is 5.75 Å². The second-order valence-electron chi connectivity index (χ2n) is 7.82. The highest BCUT2D eigenvalue weighted by Crippen LogP contribution is 2.27. The first-order valence-corrected chi connectivity index (χ1v) is 13.9. The Morgan fingerprint density at radius 2 is 1.85 bits per heavy atom. The van der Waals surface area contributed by atoms with E-state index in [-0.39, 0.29) is 23.4 Å². The molecular weight excluding hydrogens is 492 g/mol. The highest BCUT2D eigenvalue weighted by atomic mass is 35.5. The second-order valence-corrected chi connectivity index (χ2v) is 11.6. The lowest BCUT2D eigenvalue weighted by atomic mass is 10.0. The van der Waals surface area contributed by atoms with Gasteiger partial charge in [0.2, 0.25) is 20.0 Å². The summed E-state index contributed by atoms with van der Waals surface area (Å²) in [7, 11) is -8.15. The first-order chi connectivity index (χ1) is 15.6. The molecule has 0 atom stereocenters. The molecule has 182 valence electrons. The second kappa shape index (κ2) is 11.0. The van der Waals surface area contributed by atoms with Crippen LogP contribution in [-0.4, -0.2) is 47.5 Å². The Balaban J connectivity index is 1.72. The van der Waals surface area contributed by atoms with Crippen molar-refractivity contribution in [3.05, 3.63) is 52.5 Å². The SMILES string of the molecule is NS(=O)(=O)c1cc(CO)ccc1NS(=O)(=O)CCc1ccc(Cl)cc1OCC1CCOCC1. The van der Waals surface area contributed by atoms with Gasteiger partial charge in [0, 0.05) is 18.2 Å². The van der Waals surface area contributed by atoms with E-state index >= 15 is 0 Å². The standard InChI is InChI=1S/C21H27ClN2O7S2/c22-18-3-2-17(20(12-18)31-14-15-5-8-30-9-6-15)7-10-32(26,27)24-19-4-1-16(13-25)11-21(19)33(23,28)29/h1-4,11-12,15,24-25H,5-10,13-14H2,(H2,23,28,29). The molecule has 0 bridgehead atoms. The molecule has 12 heteroatoms. The minimum Gasteiger partial charge on any atom is -0.493 e. The van der Waals surface area contributed by atoms with Gasteiger partial charge in [0.15, 0.2) is 0 Å². The zero-order valence-corrected chi connectivity index (χ0v) is 20.3. The lowest BCUT2D eigenvalue weighted by Crippen LogP contribution is -2.23. The third-order valence-corrected chi connectivity index (χ3v) is 7.74. The number of halogens is 1. The van der Waals surface area contributed by atoms with Crippen LogP contribution in [0.25, 0.3) is 0 Å². The molecular formula is C21H27ClN2O7S2. The fraction of sp³-hybridized carbons (Fsp3) is 0.429. The van der Waals surface area contributed by atoms with Crippen LogP contribution in [0.2, 0.25) is 5.02 Å². The van der Waals surface area contributed by atoms with Crippen LogP contribution in [0.15, 0.2) is 41.3 Å². The number of rotatable bonds is 10. The minimum absolute atomic E-state index is 0.120. The highest BCUT2D eigenvalue weighted by molar-refractivity contribution is 7.93. The smallest absolute Gasteiger partial charge is 0.240 e. The average Bonchev–Trinajstić information content (AvgIpc) is 2.77. The van der Waals surface area contributed by atoms with Gasteiger partial charge in [-0.1, -0.05) is 23.7 Å². The van der Waals surface area contributed by atoms with Crippen LogP contribution in [0, 0.1) is 5.92 Å². The Kier molecular flexibility index (Phi) is 8.59. The molecule has 0 spiro atoms. The van der Waals surface area contributed by atoms with Gasteiger partial charge in [0.25, 0.3) is 0 Å². The van der Waals surface area contributed by atoms with Gasteiger partial charge in [-0.3, -0.25) is 4.72 Å². The Labute approximate surface area is 199 Å². The molecule has 1 heterocycles. The summed E-state index contributed by atoms with van der Waals surface area (Å²) in [5.41, 5.74) is 0.774. The number of sulfonamides is 2. The van der Waals surface area contributed by atoms with Crippen molar-refractivity contribution in [2.24, 2.45) is 11.1 Å². The van der Waals surface area contributed by atoms with Crippen LogP contribution in [0.5, 0.6) is 5.75 Å². The molecule has 2 aromatic carbocycles. The van der Waals surface area contributed by atoms with E-state index in [1.807, 2.05) is 0 Å². The molecule has 0 aliphatic carbocycles. The van der Waals surface area contributed by atoms with E-state index in [0.29, 0.717) is 42.1 Å². The van der Waals surface area contributed by atoms with E-state index in [1.165, 1.54) is 12.1 Å². The van der Waals surface area contributed by atoms with E-state index in [2.05, 4.69) is 4.72 Å². The monoisotopic (exact) mass is 518 g/mol. The molecule has 33 heavy (non-hydrogen) atoms. The number of aryl methyl sites for hydroxylation is 1. The fourth-order valence-corrected chi connectivity index (χ4v) is 5.51. The lowest BCUT2D eigenvalue weighted by molar-refractivity contribution is 0.0496. The normalized spacial score (nSPS) is 15.4. The number of aliphatic hydroxyl groups is 1. The zero-order chi connectivity index (χ0) is 24.1. The Hall–Kier alpha value is -1.89. The summed E-state index contributed by atoms with van der Waals surface area (Å²) in [5.74, 6) is 0.546. The van der Waals surface area contributed by atoms with Gasteiger partial charge >= 0.3 is 0 Å². The molecule has 0 saturated carbocycles. The van der Waals surface area contributed by atoms with Crippen molar-refractivity contribution in [2.45, 2.75) is 30.8 Å². The number of primary sulfonamides is 1. The molecule has 2 aromatic rings. The number of benzene rings is 2. The molecule has 0 radical (unpaired) electrons. The number of ether oxygens (including phenoxy) is 2. The lowest BCUT2D eigenvalue weighted by Gasteiger charge is -2.23. The first-order valence-electron chi connectivity index (χ1n) is 10.3. The third kappa shape index (κ3) is 7.56. The Morgan fingerprint density at radius 3 is 2.52 bits per heavy atom. The molecule has 1 aliphatic rings. The van der Waals surface area contributed by atoms with Gasteiger partial charge in [0.05, 0.1) is 24.7 Å². The van der Waals surface area contributed by atoms with Crippen molar-refractivity contribution in [3.63, 3.8) is 0 Å². The van der Waals surface area contributed by atoms with Gasteiger partial charge in [-0.05, 0) is 60.6 Å².